The first-order valence-corrected chi connectivity index (χ1v) is 9.04. The van der Waals surface area contributed by atoms with Crippen LogP contribution in [-0.4, -0.2) is 37.9 Å². The molecule has 0 bridgehead atoms. The molecule has 4 nitrogen and oxygen atoms in total. The smallest absolute Gasteiger partial charge is 0.260 e. The van der Waals surface area contributed by atoms with Gasteiger partial charge in [0.2, 0.25) is 0 Å². The highest BCUT2D eigenvalue weighted by Gasteiger charge is 2.28. The van der Waals surface area contributed by atoms with Crippen molar-refractivity contribution >= 4 is 17.7 Å². The molecule has 1 unspecified atom stereocenters. The van der Waals surface area contributed by atoms with E-state index in [9.17, 15) is 4.79 Å². The van der Waals surface area contributed by atoms with Gasteiger partial charge in [-0.3, -0.25) is 4.79 Å². The number of thioether (sulfide) groups is 1. The Hall–Kier alpha value is -1.20. The standard InChI is InChI=1S/C17H26N2O2S/c1-13(21-14-4-6-15(22-3)7-5-14)16(20)19-12-17(2)8-10-18-11-9-17/h4-7,13,18H,8-12H2,1-3H3,(H,19,20). The van der Waals surface area contributed by atoms with Crippen molar-refractivity contribution in [2.24, 2.45) is 5.41 Å². The summed E-state index contributed by atoms with van der Waals surface area (Å²) in [5.74, 6) is 0.683. The van der Waals surface area contributed by atoms with Crippen LogP contribution in [0.15, 0.2) is 29.2 Å². The second kappa shape index (κ2) is 7.88. The first-order chi connectivity index (χ1) is 10.5. The number of nitrogens with one attached hydrogen (secondary N) is 2. The van der Waals surface area contributed by atoms with Gasteiger partial charge in [-0.2, -0.15) is 0 Å². The summed E-state index contributed by atoms with van der Waals surface area (Å²) in [4.78, 5) is 13.4. The van der Waals surface area contributed by atoms with Crippen molar-refractivity contribution in [3.8, 4) is 5.75 Å². The van der Waals surface area contributed by atoms with Gasteiger partial charge in [-0.05, 0) is 68.8 Å². The van der Waals surface area contributed by atoms with Crippen molar-refractivity contribution in [2.75, 3.05) is 25.9 Å². The molecule has 1 saturated heterocycles. The Bertz CT molecular complexity index is 484. The lowest BCUT2D eigenvalue weighted by Crippen LogP contribution is -2.45. The van der Waals surface area contributed by atoms with E-state index in [-0.39, 0.29) is 11.3 Å². The van der Waals surface area contributed by atoms with E-state index < -0.39 is 6.10 Å². The van der Waals surface area contributed by atoms with Crippen molar-refractivity contribution in [1.29, 1.82) is 0 Å². The van der Waals surface area contributed by atoms with E-state index in [1.54, 1.807) is 18.7 Å². The maximum atomic E-state index is 12.2. The highest BCUT2D eigenvalue weighted by atomic mass is 32.2. The van der Waals surface area contributed by atoms with Crippen molar-refractivity contribution < 1.29 is 9.53 Å². The molecule has 0 spiro atoms. The Balaban J connectivity index is 1.80. The molecular weight excluding hydrogens is 296 g/mol. The van der Waals surface area contributed by atoms with E-state index in [0.717, 1.165) is 31.7 Å². The summed E-state index contributed by atoms with van der Waals surface area (Å²) in [6.45, 7) is 6.80. The number of benzene rings is 1. The zero-order valence-electron chi connectivity index (χ0n) is 13.6. The molecule has 22 heavy (non-hydrogen) atoms. The number of rotatable bonds is 6. The van der Waals surface area contributed by atoms with Gasteiger partial charge in [0.1, 0.15) is 5.75 Å². The van der Waals surface area contributed by atoms with Crippen LogP contribution in [0.3, 0.4) is 0 Å². The number of piperidine rings is 1. The molecule has 0 aromatic heterocycles. The predicted molar refractivity (Wildman–Crippen MR) is 91.5 cm³/mol. The van der Waals surface area contributed by atoms with Gasteiger partial charge in [-0.15, -0.1) is 11.8 Å². The van der Waals surface area contributed by atoms with Crippen LogP contribution >= 0.6 is 11.8 Å². The van der Waals surface area contributed by atoms with Crippen LogP contribution < -0.4 is 15.4 Å². The minimum atomic E-state index is -0.481. The minimum Gasteiger partial charge on any atom is -0.481 e. The fourth-order valence-corrected chi connectivity index (χ4v) is 2.97. The molecule has 122 valence electrons. The first-order valence-electron chi connectivity index (χ1n) is 7.82. The largest absolute Gasteiger partial charge is 0.481 e. The summed E-state index contributed by atoms with van der Waals surface area (Å²) in [5, 5.41) is 6.39. The van der Waals surface area contributed by atoms with E-state index in [1.807, 2.05) is 30.5 Å². The molecule has 5 heteroatoms. The molecule has 1 heterocycles. The van der Waals surface area contributed by atoms with Crippen LogP contribution in [0.25, 0.3) is 0 Å². The second-order valence-electron chi connectivity index (χ2n) is 6.21. The van der Waals surface area contributed by atoms with Gasteiger partial charge in [0.05, 0.1) is 0 Å². The van der Waals surface area contributed by atoms with E-state index in [4.69, 9.17) is 4.74 Å². The molecule has 2 rings (SSSR count). The van der Waals surface area contributed by atoms with Gasteiger partial charge in [-0.25, -0.2) is 0 Å². The Kier molecular flexibility index (Phi) is 6.15. The van der Waals surface area contributed by atoms with Crippen LogP contribution in [0.1, 0.15) is 26.7 Å². The Morgan fingerprint density at radius 2 is 2.00 bits per heavy atom. The van der Waals surface area contributed by atoms with Crippen LogP contribution in [0, 0.1) is 5.41 Å². The van der Waals surface area contributed by atoms with Crippen molar-refractivity contribution in [3.63, 3.8) is 0 Å². The molecule has 1 aromatic rings. The third kappa shape index (κ3) is 4.92. The SMILES string of the molecule is CSc1ccc(OC(C)C(=O)NCC2(C)CCNCC2)cc1. The molecule has 1 aromatic carbocycles. The fourth-order valence-electron chi connectivity index (χ4n) is 2.56. The normalized spacial score (nSPS) is 18.5. The minimum absolute atomic E-state index is 0.0475. The van der Waals surface area contributed by atoms with Crippen LogP contribution in [0.2, 0.25) is 0 Å². The number of hydrogen-bond acceptors (Lipinski definition) is 4. The van der Waals surface area contributed by atoms with Gasteiger partial charge in [-0.1, -0.05) is 6.92 Å². The quantitative estimate of drug-likeness (QED) is 0.791. The average molecular weight is 322 g/mol. The lowest BCUT2D eigenvalue weighted by molar-refractivity contribution is -0.127. The summed E-state index contributed by atoms with van der Waals surface area (Å²) in [7, 11) is 0. The third-order valence-corrected chi connectivity index (χ3v) is 4.99. The molecule has 1 fully saturated rings. The summed E-state index contributed by atoms with van der Waals surface area (Å²) in [5.41, 5.74) is 0.195. The lowest BCUT2D eigenvalue weighted by atomic mass is 9.81. The average Bonchev–Trinajstić information content (AvgIpc) is 2.54. The van der Waals surface area contributed by atoms with Crippen LogP contribution in [-0.2, 0) is 4.79 Å². The van der Waals surface area contributed by atoms with Gasteiger partial charge < -0.3 is 15.4 Å². The lowest BCUT2D eigenvalue weighted by Gasteiger charge is -2.34. The van der Waals surface area contributed by atoms with E-state index in [0.29, 0.717) is 6.54 Å². The van der Waals surface area contributed by atoms with E-state index in [2.05, 4.69) is 17.6 Å². The number of hydrogen-bond donors (Lipinski definition) is 2. The summed E-state index contributed by atoms with van der Waals surface area (Å²) in [6, 6.07) is 7.81. The molecule has 1 amide bonds. The zero-order valence-corrected chi connectivity index (χ0v) is 14.5. The summed E-state index contributed by atoms with van der Waals surface area (Å²) in [6.07, 6.45) is 3.75. The second-order valence-corrected chi connectivity index (χ2v) is 7.09. The van der Waals surface area contributed by atoms with Gasteiger partial charge in [0.25, 0.3) is 5.91 Å². The topological polar surface area (TPSA) is 50.4 Å². The fraction of sp³-hybridized carbons (Fsp3) is 0.588. The maximum Gasteiger partial charge on any atom is 0.260 e. The first kappa shape index (κ1) is 17.2. The van der Waals surface area contributed by atoms with Gasteiger partial charge in [0, 0.05) is 11.4 Å². The third-order valence-electron chi connectivity index (χ3n) is 4.24. The molecule has 1 atom stereocenters. The van der Waals surface area contributed by atoms with Gasteiger partial charge in [0.15, 0.2) is 6.10 Å². The molecule has 0 saturated carbocycles. The number of carbonyl (C=O) groups excluding carboxylic acids is 1. The predicted octanol–water partition coefficient (Wildman–Crippen LogP) is 2.68. The molecule has 2 N–H and O–H groups in total. The van der Waals surface area contributed by atoms with Crippen LogP contribution in [0.4, 0.5) is 0 Å². The molecule has 1 aliphatic heterocycles. The molecule has 0 radical (unpaired) electrons. The molecular formula is C17H26N2O2S. The van der Waals surface area contributed by atoms with Gasteiger partial charge >= 0.3 is 0 Å². The number of carbonyl (C=O) groups is 1. The van der Waals surface area contributed by atoms with Crippen molar-refractivity contribution in [1.82, 2.24) is 10.6 Å². The Morgan fingerprint density at radius 1 is 1.36 bits per heavy atom. The van der Waals surface area contributed by atoms with E-state index in [1.165, 1.54) is 4.90 Å². The maximum absolute atomic E-state index is 12.2. The van der Waals surface area contributed by atoms with Crippen molar-refractivity contribution in [2.45, 2.75) is 37.7 Å². The zero-order chi connectivity index (χ0) is 16.0. The molecule has 1 aliphatic rings. The molecule has 0 aliphatic carbocycles. The highest BCUT2D eigenvalue weighted by Crippen LogP contribution is 2.26. The number of ether oxygens (including phenoxy) is 1. The van der Waals surface area contributed by atoms with Crippen LogP contribution in [0.5, 0.6) is 5.75 Å². The van der Waals surface area contributed by atoms with Crippen molar-refractivity contribution in [3.05, 3.63) is 24.3 Å². The highest BCUT2D eigenvalue weighted by molar-refractivity contribution is 7.98. The monoisotopic (exact) mass is 322 g/mol. The number of amides is 1. The van der Waals surface area contributed by atoms with E-state index >= 15 is 0 Å². The summed E-state index contributed by atoms with van der Waals surface area (Å²) >= 11 is 1.69. The Morgan fingerprint density at radius 3 is 2.59 bits per heavy atom. The Labute approximate surface area is 137 Å². The summed E-state index contributed by atoms with van der Waals surface area (Å²) < 4.78 is 5.71.